The molecule has 3 aromatic carbocycles. The van der Waals surface area contributed by atoms with Gasteiger partial charge in [0, 0.05) is 70.9 Å². The highest BCUT2D eigenvalue weighted by Crippen LogP contribution is 2.38. The van der Waals surface area contributed by atoms with Crippen molar-refractivity contribution in [3.05, 3.63) is 88.7 Å². The molecule has 1 unspecified atom stereocenters. The number of carbonyl (C=O) groups excluding carboxylic acids is 1. The van der Waals surface area contributed by atoms with Crippen molar-refractivity contribution in [3.8, 4) is 21.9 Å². The van der Waals surface area contributed by atoms with Crippen molar-refractivity contribution in [3.63, 3.8) is 0 Å². The molecule has 37 heavy (non-hydrogen) atoms. The van der Waals surface area contributed by atoms with Crippen LogP contribution in [-0.4, -0.2) is 48.9 Å². The lowest BCUT2D eigenvalue weighted by Gasteiger charge is -2.34. The van der Waals surface area contributed by atoms with E-state index in [4.69, 9.17) is 0 Å². The third-order valence-corrected chi connectivity index (χ3v) is 7.42. The van der Waals surface area contributed by atoms with Crippen LogP contribution in [0.1, 0.15) is 33.9 Å². The van der Waals surface area contributed by atoms with Gasteiger partial charge in [0.05, 0.1) is 12.6 Å². The van der Waals surface area contributed by atoms with Gasteiger partial charge < -0.3 is 14.7 Å². The number of fused-ring (bicyclic) bond motifs is 1. The van der Waals surface area contributed by atoms with E-state index in [0.717, 1.165) is 55.6 Å². The number of hydrogen-bond acceptors (Lipinski definition) is 3. The second-order valence-electron chi connectivity index (χ2n) is 9.41. The van der Waals surface area contributed by atoms with Gasteiger partial charge in [0.1, 0.15) is 17.5 Å². The number of carbonyl (C=O) groups is 1. The topological polar surface area (TPSA) is 26.8 Å². The molecule has 2 aliphatic rings. The minimum atomic E-state index is -0.869. The highest BCUT2D eigenvalue weighted by molar-refractivity contribution is 9.12. The van der Waals surface area contributed by atoms with Crippen LogP contribution >= 0.6 is 15.9 Å². The lowest BCUT2D eigenvalue weighted by molar-refractivity contribution is 0.0700. The van der Waals surface area contributed by atoms with Crippen LogP contribution in [0.3, 0.4) is 0 Å². The number of nitrogens with zero attached hydrogens (tertiary/aromatic N) is 3. The van der Waals surface area contributed by atoms with E-state index in [0.29, 0.717) is 5.56 Å². The number of anilines is 1. The summed E-state index contributed by atoms with van der Waals surface area (Å²) in [6.07, 6.45) is 0.0631. The van der Waals surface area contributed by atoms with E-state index < -0.39 is 29.4 Å². The molecule has 0 bridgehead atoms. The van der Waals surface area contributed by atoms with Gasteiger partial charge in [-0.3, -0.25) is 4.79 Å². The Morgan fingerprint density at radius 2 is 1.65 bits per heavy atom. The second-order valence-corrected chi connectivity index (χ2v) is 9.81. The number of rotatable bonds is 5. The second kappa shape index (κ2) is 10.6. The molecule has 1 amide bonds. The molecule has 0 aromatic heterocycles. The van der Waals surface area contributed by atoms with Gasteiger partial charge in [0.25, 0.3) is 5.91 Å². The third-order valence-electron chi connectivity index (χ3n) is 7.14. The maximum Gasteiger partial charge on any atom is 0.255 e. The lowest BCUT2D eigenvalue weighted by Crippen LogP contribution is -2.44. The van der Waals surface area contributed by atoms with Crippen LogP contribution in [0.4, 0.5) is 18.9 Å². The summed E-state index contributed by atoms with van der Waals surface area (Å²) in [6.45, 7) is 3.84. The number of piperazine rings is 1. The Bertz CT molecular complexity index is 1390. The molecule has 190 valence electrons. The zero-order valence-electron chi connectivity index (χ0n) is 20.3. The number of hydrogen-bond donors (Lipinski definition) is 0. The highest BCUT2D eigenvalue weighted by atomic mass is 79.9. The van der Waals surface area contributed by atoms with Crippen LogP contribution in [0.25, 0.3) is 11.1 Å². The van der Waals surface area contributed by atoms with E-state index >= 15 is 4.39 Å². The fourth-order valence-corrected chi connectivity index (χ4v) is 5.19. The molecular formula is C29H25BrF3N3O. The van der Waals surface area contributed by atoms with Crippen molar-refractivity contribution in [2.75, 3.05) is 38.1 Å². The fourth-order valence-electron chi connectivity index (χ4n) is 5.03. The zero-order chi connectivity index (χ0) is 26.1. The van der Waals surface area contributed by atoms with Crippen LogP contribution in [0, 0.1) is 28.2 Å². The molecular weight excluding hydrogens is 543 g/mol. The summed E-state index contributed by atoms with van der Waals surface area (Å²) in [6, 6.07) is 13.2. The van der Waals surface area contributed by atoms with Crippen molar-refractivity contribution < 1.29 is 18.0 Å². The normalized spacial score (nSPS) is 16.4. The van der Waals surface area contributed by atoms with Gasteiger partial charge in [-0.25, -0.2) is 13.2 Å². The predicted octanol–water partition coefficient (Wildman–Crippen LogP) is 5.97. The zero-order valence-corrected chi connectivity index (χ0v) is 21.9. The molecule has 2 heterocycles. The summed E-state index contributed by atoms with van der Waals surface area (Å²) in [7, 11) is 2.11. The van der Waals surface area contributed by atoms with Gasteiger partial charge in [-0.2, -0.15) is 0 Å². The molecule has 2 aliphatic heterocycles. The Kier molecular flexibility index (Phi) is 7.27. The standard InChI is InChI=1S/C29H25BrF3N3O/c1-34-11-13-35(14-12-34)22-7-4-19(5-8-22)20-15-23-25(27(33)16-20)18-36(29(23)37)28(3-2-10-30)24-17-21(31)6-9-26(24)32/h4-9,15-17,28H,3,11-14,18H2,1H3. The molecule has 0 saturated carbocycles. The number of likely N-dealkylation sites (N-methyl/N-ethyl adjacent to an activating group) is 1. The summed E-state index contributed by atoms with van der Waals surface area (Å²) >= 11 is 3.02. The van der Waals surface area contributed by atoms with Crippen LogP contribution < -0.4 is 4.90 Å². The first kappa shape index (κ1) is 25.4. The first-order chi connectivity index (χ1) is 17.9. The quantitative estimate of drug-likeness (QED) is 0.356. The lowest BCUT2D eigenvalue weighted by atomic mass is 9.99. The van der Waals surface area contributed by atoms with Crippen molar-refractivity contribution >= 4 is 27.5 Å². The average Bonchev–Trinajstić information content (AvgIpc) is 3.23. The van der Waals surface area contributed by atoms with Crippen molar-refractivity contribution in [2.45, 2.75) is 19.0 Å². The maximum atomic E-state index is 15.3. The number of halogens is 4. The smallest absolute Gasteiger partial charge is 0.255 e. The van der Waals surface area contributed by atoms with Crippen molar-refractivity contribution in [1.29, 1.82) is 0 Å². The van der Waals surface area contributed by atoms with Crippen LogP contribution in [0.5, 0.6) is 0 Å². The molecule has 0 N–H and O–H groups in total. The molecule has 4 nitrogen and oxygen atoms in total. The van der Waals surface area contributed by atoms with E-state index in [1.54, 1.807) is 6.07 Å². The van der Waals surface area contributed by atoms with E-state index in [2.05, 4.69) is 43.5 Å². The number of amides is 1. The average molecular weight is 568 g/mol. The first-order valence-corrected chi connectivity index (χ1v) is 12.9. The molecule has 1 saturated heterocycles. The first-order valence-electron chi connectivity index (χ1n) is 12.1. The Morgan fingerprint density at radius 1 is 0.919 bits per heavy atom. The SMILES string of the molecule is CN1CCN(c2ccc(-c3cc(F)c4c(c3)C(=O)N(C(CC#CBr)c3cc(F)ccc3F)C4)cc2)CC1. The Balaban J connectivity index is 1.44. The molecule has 3 aromatic rings. The van der Waals surface area contributed by atoms with Crippen molar-refractivity contribution in [2.24, 2.45) is 0 Å². The van der Waals surface area contributed by atoms with E-state index in [-0.39, 0.29) is 29.7 Å². The third kappa shape index (κ3) is 5.11. The molecule has 0 aliphatic carbocycles. The van der Waals surface area contributed by atoms with Gasteiger partial charge in [0.15, 0.2) is 0 Å². The van der Waals surface area contributed by atoms with Gasteiger partial charge in [-0.1, -0.05) is 18.1 Å². The Hall–Kier alpha value is -3.28. The predicted molar refractivity (Wildman–Crippen MR) is 142 cm³/mol. The Labute approximate surface area is 222 Å². The van der Waals surface area contributed by atoms with Gasteiger partial charge in [-0.05, 0) is 65.5 Å². The van der Waals surface area contributed by atoms with E-state index in [1.807, 2.05) is 24.3 Å². The summed E-state index contributed by atoms with van der Waals surface area (Å²) in [5, 5.41) is 0. The summed E-state index contributed by atoms with van der Waals surface area (Å²) in [5.74, 6) is 0.584. The molecule has 0 radical (unpaired) electrons. The highest BCUT2D eigenvalue weighted by Gasteiger charge is 2.36. The maximum absolute atomic E-state index is 15.3. The van der Waals surface area contributed by atoms with Crippen LogP contribution in [-0.2, 0) is 6.54 Å². The van der Waals surface area contributed by atoms with Gasteiger partial charge in [0.2, 0.25) is 0 Å². The van der Waals surface area contributed by atoms with E-state index in [1.165, 1.54) is 11.0 Å². The fraction of sp³-hybridized carbons (Fsp3) is 0.276. The molecule has 8 heteroatoms. The molecule has 0 spiro atoms. The molecule has 1 fully saturated rings. The van der Waals surface area contributed by atoms with Gasteiger partial charge in [-0.15, -0.1) is 0 Å². The molecule has 5 rings (SSSR count). The monoisotopic (exact) mass is 567 g/mol. The van der Waals surface area contributed by atoms with E-state index in [9.17, 15) is 13.6 Å². The summed E-state index contributed by atoms with van der Waals surface area (Å²) in [4.78, 5) is 22.0. The summed E-state index contributed by atoms with van der Waals surface area (Å²) in [5.41, 5.74) is 2.97. The summed E-state index contributed by atoms with van der Waals surface area (Å²) < 4.78 is 43.9. The van der Waals surface area contributed by atoms with Crippen molar-refractivity contribution in [1.82, 2.24) is 9.80 Å². The minimum Gasteiger partial charge on any atom is -0.369 e. The molecule has 1 atom stereocenters. The Morgan fingerprint density at radius 3 is 2.35 bits per heavy atom. The van der Waals surface area contributed by atoms with Gasteiger partial charge >= 0.3 is 0 Å². The van der Waals surface area contributed by atoms with Crippen LogP contribution in [0.15, 0.2) is 54.6 Å². The van der Waals surface area contributed by atoms with Crippen LogP contribution in [0.2, 0.25) is 0 Å². The minimum absolute atomic E-state index is 0.0107. The largest absolute Gasteiger partial charge is 0.369 e. The number of benzene rings is 3.